The van der Waals surface area contributed by atoms with Crippen molar-refractivity contribution in [3.63, 3.8) is 0 Å². The summed E-state index contributed by atoms with van der Waals surface area (Å²) in [5.74, 6) is -0.276. The maximum Gasteiger partial charge on any atom is 0.137 e. The SMILES string of the molecule is NCC(Nc1ccc(F)c(Br)c1)c1sccc1Br. The van der Waals surface area contributed by atoms with Crippen LogP contribution in [-0.2, 0) is 0 Å². The van der Waals surface area contributed by atoms with Gasteiger partial charge in [-0.15, -0.1) is 11.3 Å². The highest BCUT2D eigenvalue weighted by molar-refractivity contribution is 9.10. The number of hydrogen-bond acceptors (Lipinski definition) is 3. The van der Waals surface area contributed by atoms with Gasteiger partial charge in [0.25, 0.3) is 0 Å². The lowest BCUT2D eigenvalue weighted by Crippen LogP contribution is -2.20. The van der Waals surface area contributed by atoms with Crippen LogP contribution in [0.3, 0.4) is 0 Å². The molecule has 6 heteroatoms. The molecule has 3 N–H and O–H groups in total. The summed E-state index contributed by atoms with van der Waals surface area (Å²) in [6, 6.07) is 6.83. The van der Waals surface area contributed by atoms with Crippen LogP contribution in [0.5, 0.6) is 0 Å². The van der Waals surface area contributed by atoms with Gasteiger partial charge in [-0.1, -0.05) is 0 Å². The van der Waals surface area contributed by atoms with Crippen LogP contribution in [0.15, 0.2) is 38.6 Å². The molecular weight excluding hydrogens is 383 g/mol. The van der Waals surface area contributed by atoms with Gasteiger partial charge in [0, 0.05) is 21.6 Å². The summed E-state index contributed by atoms with van der Waals surface area (Å²) in [7, 11) is 0. The Balaban J connectivity index is 2.20. The van der Waals surface area contributed by atoms with E-state index in [1.165, 1.54) is 6.07 Å². The van der Waals surface area contributed by atoms with Gasteiger partial charge in [0.1, 0.15) is 5.82 Å². The Bertz CT molecular complexity index is 545. The van der Waals surface area contributed by atoms with Crippen LogP contribution in [0.1, 0.15) is 10.9 Å². The second kappa shape index (κ2) is 6.14. The van der Waals surface area contributed by atoms with Gasteiger partial charge in [-0.05, 0) is 61.5 Å². The van der Waals surface area contributed by atoms with E-state index < -0.39 is 0 Å². The molecule has 18 heavy (non-hydrogen) atoms. The molecule has 0 aliphatic carbocycles. The minimum absolute atomic E-state index is 0.0109. The smallest absolute Gasteiger partial charge is 0.137 e. The quantitative estimate of drug-likeness (QED) is 0.800. The fraction of sp³-hybridized carbons (Fsp3) is 0.167. The Morgan fingerprint density at radius 2 is 2.06 bits per heavy atom. The number of benzene rings is 1. The van der Waals surface area contributed by atoms with E-state index in [1.807, 2.05) is 11.4 Å². The Kier molecular flexibility index (Phi) is 4.77. The Morgan fingerprint density at radius 3 is 2.61 bits per heavy atom. The standard InChI is InChI=1S/C12H11Br2FN2S/c13-8-3-4-18-12(8)11(6-16)17-7-1-2-10(15)9(14)5-7/h1-5,11,17H,6,16H2. The van der Waals surface area contributed by atoms with Gasteiger partial charge >= 0.3 is 0 Å². The number of hydrogen-bond donors (Lipinski definition) is 2. The van der Waals surface area contributed by atoms with Gasteiger partial charge in [-0.2, -0.15) is 0 Å². The van der Waals surface area contributed by atoms with Crippen molar-refractivity contribution in [2.75, 3.05) is 11.9 Å². The van der Waals surface area contributed by atoms with E-state index in [2.05, 4.69) is 37.2 Å². The molecule has 0 amide bonds. The molecule has 2 aromatic rings. The predicted octanol–water partition coefficient (Wildman–Crippen LogP) is 4.52. The first-order chi connectivity index (χ1) is 8.61. The molecule has 1 unspecified atom stereocenters. The van der Waals surface area contributed by atoms with Crippen molar-refractivity contribution < 1.29 is 4.39 Å². The number of anilines is 1. The number of rotatable bonds is 4. The largest absolute Gasteiger partial charge is 0.376 e. The van der Waals surface area contributed by atoms with E-state index in [9.17, 15) is 4.39 Å². The third-order valence-corrected chi connectivity index (χ3v) is 5.05. The second-order valence-corrected chi connectivity index (χ2v) is 6.35. The summed E-state index contributed by atoms with van der Waals surface area (Å²) in [5.41, 5.74) is 6.62. The number of nitrogens with two attached hydrogens (primary N) is 1. The van der Waals surface area contributed by atoms with Crippen molar-refractivity contribution in [1.29, 1.82) is 0 Å². The summed E-state index contributed by atoms with van der Waals surface area (Å²) in [6.07, 6.45) is 0. The van der Waals surface area contributed by atoms with Crippen molar-refractivity contribution in [2.24, 2.45) is 5.73 Å². The molecule has 0 fully saturated rings. The zero-order valence-corrected chi connectivity index (χ0v) is 13.3. The minimum atomic E-state index is -0.276. The Labute approximate surface area is 126 Å². The highest BCUT2D eigenvalue weighted by atomic mass is 79.9. The monoisotopic (exact) mass is 392 g/mol. The van der Waals surface area contributed by atoms with Crippen LogP contribution in [0.4, 0.5) is 10.1 Å². The first-order valence-electron chi connectivity index (χ1n) is 5.26. The normalized spacial score (nSPS) is 12.4. The lowest BCUT2D eigenvalue weighted by Gasteiger charge is -2.17. The zero-order valence-electron chi connectivity index (χ0n) is 9.29. The average molecular weight is 394 g/mol. The molecule has 1 heterocycles. The molecule has 0 saturated heterocycles. The molecule has 0 saturated carbocycles. The van der Waals surface area contributed by atoms with Gasteiger partial charge in [0.2, 0.25) is 0 Å². The summed E-state index contributed by atoms with van der Waals surface area (Å²) in [6.45, 7) is 0.466. The van der Waals surface area contributed by atoms with Crippen LogP contribution in [0.2, 0.25) is 0 Å². The molecule has 96 valence electrons. The first-order valence-corrected chi connectivity index (χ1v) is 7.73. The number of thiophene rings is 1. The summed E-state index contributed by atoms with van der Waals surface area (Å²) in [5, 5.41) is 5.30. The third-order valence-electron chi connectivity index (χ3n) is 2.46. The van der Waals surface area contributed by atoms with Gasteiger partial charge in [0.15, 0.2) is 0 Å². The Hall–Kier alpha value is -0.430. The van der Waals surface area contributed by atoms with Crippen LogP contribution < -0.4 is 11.1 Å². The van der Waals surface area contributed by atoms with E-state index in [1.54, 1.807) is 23.5 Å². The van der Waals surface area contributed by atoms with Crippen molar-refractivity contribution in [3.05, 3.63) is 49.3 Å². The Morgan fingerprint density at radius 1 is 1.28 bits per heavy atom. The molecule has 0 spiro atoms. The number of nitrogens with one attached hydrogen (secondary N) is 1. The first kappa shape index (κ1) is 14.0. The van der Waals surface area contributed by atoms with E-state index in [-0.39, 0.29) is 11.9 Å². The minimum Gasteiger partial charge on any atom is -0.376 e. The molecule has 2 rings (SSSR count). The molecule has 1 aromatic carbocycles. The molecule has 0 radical (unpaired) electrons. The predicted molar refractivity (Wildman–Crippen MR) is 81.5 cm³/mol. The summed E-state index contributed by atoms with van der Waals surface area (Å²) < 4.78 is 14.6. The summed E-state index contributed by atoms with van der Waals surface area (Å²) >= 11 is 8.29. The number of halogens is 3. The lowest BCUT2D eigenvalue weighted by molar-refractivity contribution is 0.621. The lowest BCUT2D eigenvalue weighted by atomic mass is 10.2. The van der Waals surface area contributed by atoms with E-state index >= 15 is 0 Å². The third kappa shape index (κ3) is 3.12. The van der Waals surface area contributed by atoms with E-state index in [0.29, 0.717) is 11.0 Å². The fourth-order valence-electron chi connectivity index (χ4n) is 1.57. The highest BCUT2D eigenvalue weighted by Crippen LogP contribution is 2.31. The van der Waals surface area contributed by atoms with Crippen molar-refractivity contribution in [3.8, 4) is 0 Å². The second-order valence-electron chi connectivity index (χ2n) is 3.69. The maximum atomic E-state index is 13.2. The van der Waals surface area contributed by atoms with Crippen LogP contribution >= 0.6 is 43.2 Å². The van der Waals surface area contributed by atoms with Gasteiger partial charge in [-0.3, -0.25) is 0 Å². The topological polar surface area (TPSA) is 38.0 Å². The molecule has 0 aliphatic heterocycles. The van der Waals surface area contributed by atoms with Crippen molar-refractivity contribution >= 4 is 48.9 Å². The van der Waals surface area contributed by atoms with Gasteiger partial charge < -0.3 is 11.1 Å². The molecule has 1 atom stereocenters. The van der Waals surface area contributed by atoms with Crippen molar-refractivity contribution in [2.45, 2.75) is 6.04 Å². The average Bonchev–Trinajstić information content (AvgIpc) is 2.77. The molecular formula is C12H11Br2FN2S. The fourth-order valence-corrected chi connectivity index (χ4v) is 3.67. The van der Waals surface area contributed by atoms with E-state index in [4.69, 9.17) is 5.73 Å². The van der Waals surface area contributed by atoms with Crippen LogP contribution in [-0.4, -0.2) is 6.54 Å². The molecule has 1 aromatic heterocycles. The molecule has 0 aliphatic rings. The van der Waals surface area contributed by atoms with Crippen LogP contribution in [0.25, 0.3) is 0 Å². The summed E-state index contributed by atoms with van der Waals surface area (Å²) in [4.78, 5) is 1.14. The van der Waals surface area contributed by atoms with Crippen LogP contribution in [0, 0.1) is 5.82 Å². The van der Waals surface area contributed by atoms with Gasteiger partial charge in [0.05, 0.1) is 10.5 Å². The van der Waals surface area contributed by atoms with E-state index in [0.717, 1.165) is 15.0 Å². The van der Waals surface area contributed by atoms with Crippen molar-refractivity contribution in [1.82, 2.24) is 0 Å². The highest BCUT2D eigenvalue weighted by Gasteiger charge is 2.14. The molecule has 2 nitrogen and oxygen atoms in total. The van der Waals surface area contributed by atoms with Gasteiger partial charge in [-0.25, -0.2) is 4.39 Å². The molecule has 0 bridgehead atoms. The maximum absolute atomic E-state index is 13.2. The zero-order chi connectivity index (χ0) is 13.1.